The van der Waals surface area contributed by atoms with Gasteiger partial charge in [-0.05, 0) is 51.2 Å². The number of hydrogen-bond donors (Lipinski definition) is 0. The van der Waals surface area contributed by atoms with Gasteiger partial charge in [-0.25, -0.2) is 13.4 Å². The number of likely N-dealkylation sites (N-methyl/N-ethyl adjacent to an activating group) is 1. The molecule has 1 aromatic heterocycles. The minimum absolute atomic E-state index is 0.0724. The van der Waals surface area contributed by atoms with Gasteiger partial charge in [0, 0.05) is 19.5 Å². The Balaban J connectivity index is 1.79. The van der Waals surface area contributed by atoms with Crippen molar-refractivity contribution in [2.75, 3.05) is 44.9 Å². The van der Waals surface area contributed by atoms with Crippen LogP contribution in [0.15, 0.2) is 47.4 Å². The lowest BCUT2D eigenvalue weighted by atomic mass is 10.2. The molecule has 7 nitrogen and oxygen atoms in total. The molecule has 0 saturated carbocycles. The lowest BCUT2D eigenvalue weighted by molar-refractivity contribution is -0.118. The number of ether oxygens (including phenoxy) is 1. The number of methoxy groups -OCH3 is 1. The van der Waals surface area contributed by atoms with Crippen LogP contribution >= 0.6 is 11.3 Å². The van der Waals surface area contributed by atoms with Crippen molar-refractivity contribution in [1.29, 1.82) is 0 Å². The number of hydrogen-bond acceptors (Lipinski definition) is 7. The molecule has 32 heavy (non-hydrogen) atoms. The summed E-state index contributed by atoms with van der Waals surface area (Å²) in [6.45, 7) is 3.14. The number of carbonyl (C=O) groups excluding carboxylic acids is 1. The van der Waals surface area contributed by atoms with Crippen LogP contribution in [0, 0.1) is 6.92 Å². The van der Waals surface area contributed by atoms with Gasteiger partial charge in [0.25, 0.3) is 0 Å². The molecule has 2 aromatic carbocycles. The van der Waals surface area contributed by atoms with E-state index in [0.717, 1.165) is 15.8 Å². The lowest BCUT2D eigenvalue weighted by Crippen LogP contribution is -2.36. The standard InChI is InChI=1S/C23H29N3O4S2/c1-17-12-13-19(30-4)21-22(17)31-23(24-21)26(15-14-25(2)3)20(27)11-8-16-32(28,29)18-9-6-5-7-10-18/h5-7,9-10,12-13H,8,11,14-16H2,1-4H3. The first kappa shape index (κ1) is 24.2. The Kier molecular flexibility index (Phi) is 7.86. The van der Waals surface area contributed by atoms with Gasteiger partial charge in [0.05, 0.1) is 22.5 Å². The second-order valence-corrected chi connectivity index (χ2v) is 10.9. The normalized spacial score (nSPS) is 11.8. The summed E-state index contributed by atoms with van der Waals surface area (Å²) in [5.74, 6) is 0.463. The Morgan fingerprint density at radius 3 is 2.47 bits per heavy atom. The number of thiazole rings is 1. The Morgan fingerprint density at radius 2 is 1.81 bits per heavy atom. The number of sulfone groups is 1. The predicted molar refractivity (Wildman–Crippen MR) is 130 cm³/mol. The maximum absolute atomic E-state index is 13.1. The van der Waals surface area contributed by atoms with Gasteiger partial charge >= 0.3 is 0 Å². The molecule has 0 aliphatic heterocycles. The van der Waals surface area contributed by atoms with Crippen molar-refractivity contribution < 1.29 is 17.9 Å². The van der Waals surface area contributed by atoms with Gasteiger partial charge in [-0.1, -0.05) is 35.6 Å². The number of carbonyl (C=O) groups is 1. The predicted octanol–water partition coefficient (Wildman–Crippen LogP) is 3.76. The third kappa shape index (κ3) is 5.65. The summed E-state index contributed by atoms with van der Waals surface area (Å²) in [4.78, 5) is 21.8. The van der Waals surface area contributed by atoms with Crippen molar-refractivity contribution >= 4 is 42.4 Å². The Labute approximate surface area is 193 Å². The largest absolute Gasteiger partial charge is 0.494 e. The molecule has 9 heteroatoms. The van der Waals surface area contributed by atoms with Crippen LogP contribution in [0.5, 0.6) is 5.75 Å². The van der Waals surface area contributed by atoms with Crippen LogP contribution < -0.4 is 9.64 Å². The molecule has 0 N–H and O–H groups in total. The molecule has 0 spiro atoms. The fraction of sp³-hybridized carbons (Fsp3) is 0.391. The highest BCUT2D eigenvalue weighted by Crippen LogP contribution is 2.36. The zero-order valence-corrected chi connectivity index (χ0v) is 20.5. The number of rotatable bonds is 10. The summed E-state index contributed by atoms with van der Waals surface area (Å²) in [5.41, 5.74) is 1.81. The molecule has 1 heterocycles. The second-order valence-electron chi connectivity index (χ2n) is 7.84. The molecule has 0 bridgehead atoms. The van der Waals surface area contributed by atoms with Gasteiger partial charge in [-0.2, -0.15) is 0 Å². The average molecular weight is 476 g/mol. The second kappa shape index (κ2) is 10.4. The molecule has 3 aromatic rings. The van der Waals surface area contributed by atoms with Crippen LogP contribution in [0.25, 0.3) is 10.2 Å². The molecule has 0 aliphatic carbocycles. The molecule has 172 valence electrons. The smallest absolute Gasteiger partial charge is 0.228 e. The van der Waals surface area contributed by atoms with Crippen LogP contribution in [0.4, 0.5) is 5.13 Å². The summed E-state index contributed by atoms with van der Waals surface area (Å²) in [5, 5.41) is 0.602. The summed E-state index contributed by atoms with van der Waals surface area (Å²) in [6, 6.07) is 12.2. The van der Waals surface area contributed by atoms with E-state index in [2.05, 4.69) is 0 Å². The van der Waals surface area contributed by atoms with E-state index in [1.165, 1.54) is 11.3 Å². The topological polar surface area (TPSA) is 79.8 Å². The number of benzene rings is 2. The van der Waals surface area contributed by atoms with E-state index in [-0.39, 0.29) is 29.4 Å². The van der Waals surface area contributed by atoms with Crippen molar-refractivity contribution in [2.24, 2.45) is 0 Å². The van der Waals surface area contributed by atoms with Crippen molar-refractivity contribution in [3.05, 3.63) is 48.0 Å². The number of nitrogens with zero attached hydrogens (tertiary/aromatic N) is 3. The average Bonchev–Trinajstić information content (AvgIpc) is 3.20. The summed E-state index contributed by atoms with van der Waals surface area (Å²) in [6.07, 6.45) is 0.382. The monoisotopic (exact) mass is 475 g/mol. The quantitative estimate of drug-likeness (QED) is 0.444. The molecular formula is C23H29N3O4S2. The molecule has 0 aliphatic rings. The van der Waals surface area contributed by atoms with Crippen molar-refractivity contribution in [3.8, 4) is 5.75 Å². The maximum Gasteiger partial charge on any atom is 0.228 e. The summed E-state index contributed by atoms with van der Waals surface area (Å²) < 4.78 is 31.5. The van der Waals surface area contributed by atoms with Gasteiger partial charge < -0.3 is 9.64 Å². The zero-order valence-electron chi connectivity index (χ0n) is 18.9. The van der Waals surface area contributed by atoms with Crippen molar-refractivity contribution in [1.82, 2.24) is 9.88 Å². The number of amides is 1. The molecule has 1 amide bonds. The Morgan fingerprint density at radius 1 is 1.09 bits per heavy atom. The third-order valence-corrected chi connectivity index (χ3v) is 8.15. The van der Waals surface area contributed by atoms with E-state index in [9.17, 15) is 13.2 Å². The van der Waals surface area contributed by atoms with Crippen molar-refractivity contribution in [3.63, 3.8) is 0 Å². The minimum Gasteiger partial charge on any atom is -0.494 e. The van der Waals surface area contributed by atoms with Crippen LogP contribution in [0.2, 0.25) is 0 Å². The molecule has 0 saturated heterocycles. The first-order valence-corrected chi connectivity index (χ1v) is 12.9. The van der Waals surface area contributed by atoms with E-state index in [1.807, 2.05) is 38.1 Å². The molecule has 3 rings (SSSR count). The SMILES string of the molecule is COc1ccc(C)c2sc(N(CCN(C)C)C(=O)CCCS(=O)(=O)c3ccccc3)nc12. The Bertz CT molecular complexity index is 1170. The molecule has 0 atom stereocenters. The lowest BCUT2D eigenvalue weighted by Gasteiger charge is -2.22. The van der Waals surface area contributed by atoms with E-state index >= 15 is 0 Å². The first-order valence-electron chi connectivity index (χ1n) is 10.4. The van der Waals surface area contributed by atoms with Gasteiger partial charge in [0.1, 0.15) is 11.3 Å². The Hall–Kier alpha value is -2.49. The molecular weight excluding hydrogens is 446 g/mol. The fourth-order valence-corrected chi connectivity index (χ4v) is 5.73. The number of aryl methyl sites for hydroxylation is 1. The number of fused-ring (bicyclic) bond motifs is 1. The van der Waals surface area contributed by atoms with Gasteiger partial charge in [0.2, 0.25) is 5.91 Å². The van der Waals surface area contributed by atoms with E-state index in [0.29, 0.717) is 24.0 Å². The maximum atomic E-state index is 13.1. The van der Waals surface area contributed by atoms with Crippen LogP contribution in [0.1, 0.15) is 18.4 Å². The highest BCUT2D eigenvalue weighted by atomic mass is 32.2. The summed E-state index contributed by atoms with van der Waals surface area (Å²) >= 11 is 1.45. The third-order valence-electron chi connectivity index (χ3n) is 5.12. The van der Waals surface area contributed by atoms with E-state index in [1.54, 1.807) is 42.3 Å². The van der Waals surface area contributed by atoms with Gasteiger partial charge in [-0.15, -0.1) is 0 Å². The zero-order chi connectivity index (χ0) is 23.3. The van der Waals surface area contributed by atoms with Gasteiger partial charge in [-0.3, -0.25) is 9.69 Å². The van der Waals surface area contributed by atoms with Gasteiger partial charge in [0.15, 0.2) is 15.0 Å². The van der Waals surface area contributed by atoms with E-state index in [4.69, 9.17) is 9.72 Å². The fourth-order valence-electron chi connectivity index (χ4n) is 3.30. The molecule has 0 fully saturated rings. The van der Waals surface area contributed by atoms with Crippen LogP contribution in [-0.4, -0.2) is 64.3 Å². The summed E-state index contributed by atoms with van der Waals surface area (Å²) in [7, 11) is 2.08. The first-order chi connectivity index (χ1) is 15.2. The van der Waals surface area contributed by atoms with Crippen LogP contribution in [-0.2, 0) is 14.6 Å². The highest BCUT2D eigenvalue weighted by Gasteiger charge is 2.23. The highest BCUT2D eigenvalue weighted by molar-refractivity contribution is 7.91. The number of aromatic nitrogens is 1. The molecule has 0 radical (unpaired) electrons. The minimum atomic E-state index is -3.42. The van der Waals surface area contributed by atoms with E-state index < -0.39 is 9.84 Å². The van der Waals surface area contributed by atoms with Crippen LogP contribution in [0.3, 0.4) is 0 Å². The van der Waals surface area contributed by atoms with Crippen molar-refractivity contribution in [2.45, 2.75) is 24.7 Å². The number of anilines is 1. The molecule has 0 unspecified atom stereocenters.